The number of hydrogen-bond acceptors (Lipinski definition) is 2. The van der Waals surface area contributed by atoms with Gasteiger partial charge in [-0.25, -0.2) is 0 Å². The summed E-state index contributed by atoms with van der Waals surface area (Å²) in [5.74, 6) is 0.917. The van der Waals surface area contributed by atoms with Gasteiger partial charge in [-0.3, -0.25) is 9.89 Å². The molecule has 0 spiro atoms. The minimum absolute atomic E-state index is 0. The molecule has 1 atom stereocenters. The number of likely N-dealkylation sites (tertiary alicyclic amines) is 1. The van der Waals surface area contributed by atoms with Gasteiger partial charge in [0.2, 0.25) is 0 Å². The van der Waals surface area contributed by atoms with E-state index in [0.717, 1.165) is 38.6 Å². The zero-order valence-electron chi connectivity index (χ0n) is 15.9. The molecule has 1 unspecified atom stereocenters. The van der Waals surface area contributed by atoms with Gasteiger partial charge >= 0.3 is 0 Å². The highest BCUT2D eigenvalue weighted by Gasteiger charge is 2.22. The van der Waals surface area contributed by atoms with Gasteiger partial charge in [0.1, 0.15) is 0 Å². The van der Waals surface area contributed by atoms with Crippen molar-refractivity contribution in [3.63, 3.8) is 0 Å². The van der Waals surface area contributed by atoms with E-state index in [9.17, 15) is 0 Å². The van der Waals surface area contributed by atoms with Crippen LogP contribution in [-0.4, -0.2) is 54.7 Å². The number of aromatic nitrogens is 1. The Morgan fingerprint density at radius 3 is 2.88 bits per heavy atom. The zero-order chi connectivity index (χ0) is 17.5. The maximum Gasteiger partial charge on any atom is 0.191 e. The molecule has 2 heterocycles. The molecule has 1 aliphatic rings. The predicted molar refractivity (Wildman–Crippen MR) is 122 cm³/mol. The second-order valence-electron chi connectivity index (χ2n) is 6.73. The van der Waals surface area contributed by atoms with Crippen LogP contribution in [0.2, 0.25) is 0 Å². The summed E-state index contributed by atoms with van der Waals surface area (Å²) in [5, 5.41) is 8.24. The molecule has 3 rings (SSSR count). The molecular weight excluding hydrogens is 437 g/mol. The fourth-order valence-electron chi connectivity index (χ4n) is 3.77. The van der Waals surface area contributed by atoms with Crippen molar-refractivity contribution in [1.82, 2.24) is 20.1 Å². The van der Waals surface area contributed by atoms with Crippen molar-refractivity contribution in [2.45, 2.75) is 38.8 Å². The zero-order valence-corrected chi connectivity index (χ0v) is 18.3. The van der Waals surface area contributed by atoms with Crippen molar-refractivity contribution in [2.24, 2.45) is 4.99 Å². The van der Waals surface area contributed by atoms with E-state index in [0.29, 0.717) is 6.04 Å². The van der Waals surface area contributed by atoms with E-state index in [1.54, 1.807) is 0 Å². The number of rotatable bonds is 7. The smallest absolute Gasteiger partial charge is 0.191 e. The quantitative estimate of drug-likeness (QED) is 0.283. The number of halogens is 1. The maximum absolute atomic E-state index is 4.35. The number of guanidine groups is 1. The van der Waals surface area contributed by atoms with Crippen LogP contribution in [0.3, 0.4) is 0 Å². The summed E-state index contributed by atoms with van der Waals surface area (Å²) < 4.78 is 2.32. The number of aliphatic imine (C=N–C) groups is 1. The lowest BCUT2D eigenvalue weighted by molar-refractivity contribution is 0.267. The number of aryl methyl sites for hydroxylation is 1. The lowest BCUT2D eigenvalue weighted by atomic mass is 10.2. The SMILES string of the molecule is CCN1CCCC1CNC(=NC)NCCCn1ccc2ccccc21.I. The number of nitrogens with one attached hydrogen (secondary N) is 2. The van der Waals surface area contributed by atoms with Crippen molar-refractivity contribution in [3.8, 4) is 0 Å². The first-order valence-corrected chi connectivity index (χ1v) is 9.54. The van der Waals surface area contributed by atoms with Gasteiger partial charge in [-0.15, -0.1) is 24.0 Å². The third kappa shape index (κ3) is 5.36. The molecule has 1 aromatic carbocycles. The van der Waals surface area contributed by atoms with E-state index in [1.807, 2.05) is 7.05 Å². The van der Waals surface area contributed by atoms with E-state index in [4.69, 9.17) is 0 Å². The molecule has 6 heteroatoms. The summed E-state index contributed by atoms with van der Waals surface area (Å²) in [6.45, 7) is 7.55. The fraction of sp³-hybridized carbons (Fsp3) is 0.550. The Kier molecular flexibility index (Phi) is 8.71. The van der Waals surface area contributed by atoms with Crippen LogP contribution in [0.4, 0.5) is 0 Å². The molecule has 2 N–H and O–H groups in total. The van der Waals surface area contributed by atoms with Gasteiger partial charge in [-0.05, 0) is 49.9 Å². The average molecular weight is 469 g/mol. The van der Waals surface area contributed by atoms with Crippen molar-refractivity contribution >= 4 is 40.8 Å². The van der Waals surface area contributed by atoms with Crippen LogP contribution in [-0.2, 0) is 6.54 Å². The van der Waals surface area contributed by atoms with Gasteiger partial charge in [0.05, 0.1) is 0 Å². The third-order valence-corrected chi connectivity index (χ3v) is 5.18. The van der Waals surface area contributed by atoms with Crippen molar-refractivity contribution in [1.29, 1.82) is 0 Å². The highest BCUT2D eigenvalue weighted by molar-refractivity contribution is 14.0. The lowest BCUT2D eigenvalue weighted by Gasteiger charge is -2.24. The molecule has 1 fully saturated rings. The van der Waals surface area contributed by atoms with Gasteiger partial charge < -0.3 is 15.2 Å². The molecule has 1 aliphatic heterocycles. The molecule has 2 aromatic rings. The monoisotopic (exact) mass is 469 g/mol. The number of likely N-dealkylation sites (N-methyl/N-ethyl adjacent to an activating group) is 1. The third-order valence-electron chi connectivity index (χ3n) is 5.18. The topological polar surface area (TPSA) is 44.6 Å². The summed E-state index contributed by atoms with van der Waals surface area (Å²) in [6.07, 6.45) is 5.86. The summed E-state index contributed by atoms with van der Waals surface area (Å²) in [7, 11) is 1.85. The van der Waals surface area contributed by atoms with Gasteiger partial charge in [0.15, 0.2) is 5.96 Å². The number of nitrogens with zero attached hydrogens (tertiary/aromatic N) is 3. The van der Waals surface area contributed by atoms with Crippen LogP contribution in [0.5, 0.6) is 0 Å². The first kappa shape index (κ1) is 21.0. The number of para-hydroxylation sites is 1. The fourth-order valence-corrected chi connectivity index (χ4v) is 3.77. The summed E-state index contributed by atoms with van der Waals surface area (Å²) in [4.78, 5) is 6.91. The minimum Gasteiger partial charge on any atom is -0.356 e. The Labute approximate surface area is 174 Å². The molecule has 144 valence electrons. The number of hydrogen-bond donors (Lipinski definition) is 2. The first-order chi connectivity index (χ1) is 12.3. The van der Waals surface area contributed by atoms with E-state index < -0.39 is 0 Å². The molecule has 1 aromatic heterocycles. The van der Waals surface area contributed by atoms with E-state index in [2.05, 4.69) is 68.5 Å². The van der Waals surface area contributed by atoms with Crippen LogP contribution in [0.15, 0.2) is 41.5 Å². The van der Waals surface area contributed by atoms with Crippen molar-refractivity contribution < 1.29 is 0 Å². The van der Waals surface area contributed by atoms with Crippen molar-refractivity contribution in [2.75, 3.05) is 33.2 Å². The highest BCUT2D eigenvalue weighted by atomic mass is 127. The van der Waals surface area contributed by atoms with Crippen LogP contribution in [0, 0.1) is 0 Å². The lowest BCUT2D eigenvalue weighted by Crippen LogP contribution is -2.45. The second-order valence-corrected chi connectivity index (χ2v) is 6.73. The molecule has 0 radical (unpaired) electrons. The Bertz CT molecular complexity index is 696. The van der Waals surface area contributed by atoms with Crippen LogP contribution >= 0.6 is 24.0 Å². The van der Waals surface area contributed by atoms with Crippen LogP contribution in [0.1, 0.15) is 26.2 Å². The Hall–Kier alpha value is -1.28. The predicted octanol–water partition coefficient (Wildman–Crippen LogP) is 3.30. The Morgan fingerprint density at radius 2 is 2.08 bits per heavy atom. The van der Waals surface area contributed by atoms with Crippen LogP contribution < -0.4 is 10.6 Å². The second kappa shape index (κ2) is 10.8. The normalized spacial score (nSPS) is 18.1. The minimum atomic E-state index is 0. The maximum atomic E-state index is 4.35. The molecule has 1 saturated heterocycles. The van der Waals surface area contributed by atoms with Gasteiger partial charge in [0, 0.05) is 44.4 Å². The Balaban J connectivity index is 0.00000243. The molecule has 0 saturated carbocycles. The van der Waals surface area contributed by atoms with Crippen molar-refractivity contribution in [3.05, 3.63) is 36.5 Å². The molecular formula is C20H32IN5. The highest BCUT2D eigenvalue weighted by Crippen LogP contribution is 2.16. The van der Waals surface area contributed by atoms with E-state index in [-0.39, 0.29) is 24.0 Å². The largest absolute Gasteiger partial charge is 0.356 e. The number of fused-ring (bicyclic) bond motifs is 1. The average Bonchev–Trinajstić information content (AvgIpc) is 3.27. The Morgan fingerprint density at radius 1 is 1.23 bits per heavy atom. The molecule has 0 bridgehead atoms. The first-order valence-electron chi connectivity index (χ1n) is 9.54. The van der Waals surface area contributed by atoms with Gasteiger partial charge in [-0.1, -0.05) is 25.1 Å². The molecule has 26 heavy (non-hydrogen) atoms. The van der Waals surface area contributed by atoms with Gasteiger partial charge in [0.25, 0.3) is 0 Å². The summed E-state index contributed by atoms with van der Waals surface area (Å²) >= 11 is 0. The molecule has 0 amide bonds. The van der Waals surface area contributed by atoms with E-state index >= 15 is 0 Å². The molecule has 5 nitrogen and oxygen atoms in total. The summed E-state index contributed by atoms with van der Waals surface area (Å²) in [5.41, 5.74) is 1.31. The van der Waals surface area contributed by atoms with Gasteiger partial charge in [-0.2, -0.15) is 0 Å². The number of benzene rings is 1. The summed E-state index contributed by atoms with van der Waals surface area (Å²) in [6, 6.07) is 11.4. The van der Waals surface area contributed by atoms with E-state index in [1.165, 1.54) is 30.3 Å². The molecule has 0 aliphatic carbocycles. The van der Waals surface area contributed by atoms with Crippen LogP contribution in [0.25, 0.3) is 10.9 Å². The standard InChI is InChI=1S/C20H31N5.HI/c1-3-24-13-6-9-18(24)16-23-20(21-2)22-12-7-14-25-15-11-17-8-4-5-10-19(17)25;/h4-5,8,10-11,15,18H,3,6-7,9,12-14,16H2,1-2H3,(H2,21,22,23);1H.